The van der Waals surface area contributed by atoms with Crippen molar-refractivity contribution in [3.63, 3.8) is 0 Å². The summed E-state index contributed by atoms with van der Waals surface area (Å²) in [5.41, 5.74) is 18.1. The van der Waals surface area contributed by atoms with Crippen LogP contribution in [-0.2, 0) is 10.8 Å². The third-order valence-electron chi connectivity index (χ3n) is 12.2. The van der Waals surface area contributed by atoms with E-state index in [1.54, 1.807) is 0 Å². The summed E-state index contributed by atoms with van der Waals surface area (Å²) in [4.78, 5) is 10.5. The van der Waals surface area contributed by atoms with Crippen molar-refractivity contribution in [3.8, 4) is 55.9 Å². The van der Waals surface area contributed by atoms with Gasteiger partial charge in [0, 0.05) is 38.6 Å². The zero-order valence-electron chi connectivity index (χ0n) is 29.9. The number of nitrogens with zero attached hydrogens (tertiary/aromatic N) is 2. The van der Waals surface area contributed by atoms with Crippen LogP contribution in [-0.4, -0.2) is 9.97 Å². The van der Waals surface area contributed by atoms with E-state index in [1.165, 1.54) is 55.6 Å². The second kappa shape index (κ2) is 10.8. The van der Waals surface area contributed by atoms with Gasteiger partial charge in [-0.05, 0) is 87.3 Å². The molecule has 0 amide bonds. The van der Waals surface area contributed by atoms with Gasteiger partial charge in [-0.25, -0.2) is 4.98 Å². The van der Waals surface area contributed by atoms with Crippen LogP contribution in [0.3, 0.4) is 0 Å². The molecule has 2 aromatic heterocycles. The smallest absolute Gasteiger partial charge is 0.135 e. The summed E-state index contributed by atoms with van der Waals surface area (Å²) >= 11 is 0. The van der Waals surface area contributed by atoms with Gasteiger partial charge >= 0.3 is 0 Å². The van der Waals surface area contributed by atoms with Crippen molar-refractivity contribution in [3.05, 3.63) is 180 Å². The molecule has 2 unspecified atom stereocenters. The number of furan rings is 1. The number of hydrogen-bond donors (Lipinski definition) is 0. The van der Waals surface area contributed by atoms with Gasteiger partial charge in [-0.1, -0.05) is 135 Å². The summed E-state index contributed by atoms with van der Waals surface area (Å²) in [6.07, 6.45) is 10.9. The molecule has 3 nitrogen and oxygen atoms in total. The van der Waals surface area contributed by atoms with Gasteiger partial charge in [0.05, 0.1) is 23.3 Å². The summed E-state index contributed by atoms with van der Waals surface area (Å²) in [6, 6.07) is 46.2. The van der Waals surface area contributed by atoms with Crippen molar-refractivity contribution < 1.29 is 4.42 Å². The Morgan fingerprint density at radius 2 is 1.21 bits per heavy atom. The fourth-order valence-corrected chi connectivity index (χ4v) is 9.31. The molecule has 0 fully saturated rings. The molecule has 0 saturated carbocycles. The van der Waals surface area contributed by atoms with Crippen LogP contribution in [0.15, 0.2) is 162 Å². The highest BCUT2D eigenvalue weighted by molar-refractivity contribution is 6.06. The average molecular weight is 681 g/mol. The molecule has 0 bridgehead atoms. The summed E-state index contributed by atoms with van der Waals surface area (Å²) in [5.74, 6) is 0.229. The minimum absolute atomic E-state index is 0.173. The lowest BCUT2D eigenvalue weighted by atomic mass is 9.63. The number of hydrogen-bond acceptors (Lipinski definition) is 3. The summed E-state index contributed by atoms with van der Waals surface area (Å²) in [5, 5.41) is 2.30. The van der Waals surface area contributed by atoms with E-state index in [2.05, 4.69) is 160 Å². The number of fused-ring (bicyclic) bond motifs is 12. The van der Waals surface area contributed by atoms with Crippen LogP contribution in [0.25, 0.3) is 77.8 Å². The van der Waals surface area contributed by atoms with Gasteiger partial charge in [0.1, 0.15) is 11.2 Å². The van der Waals surface area contributed by atoms with Gasteiger partial charge in [-0.15, -0.1) is 0 Å². The predicted molar refractivity (Wildman–Crippen MR) is 217 cm³/mol. The van der Waals surface area contributed by atoms with Gasteiger partial charge < -0.3 is 4.42 Å². The maximum Gasteiger partial charge on any atom is 0.135 e. The van der Waals surface area contributed by atoms with Crippen LogP contribution >= 0.6 is 0 Å². The number of para-hydroxylation sites is 1. The Bertz CT molecular complexity index is 2890. The standard InChI is InChI=1S/C50H36N2O/c1-49(2)42-27-33(31-17-15-30(16-18-31)32-21-24-46-40(26-32)38-11-6-7-14-45(38)53-46)19-22-36(42)37-23-20-34(28-43(37)49)44-29-51-47-39-12-5-4-10-35(39)41-13-8-9-25-50(41,3)48(47)52-44/h4-29,41H,1-3H3. The van der Waals surface area contributed by atoms with E-state index in [4.69, 9.17) is 14.4 Å². The fourth-order valence-electron chi connectivity index (χ4n) is 9.31. The van der Waals surface area contributed by atoms with E-state index < -0.39 is 0 Å². The van der Waals surface area contributed by atoms with Crippen LogP contribution in [0.4, 0.5) is 0 Å². The zero-order valence-corrected chi connectivity index (χ0v) is 29.9. The first-order valence-electron chi connectivity index (χ1n) is 18.5. The van der Waals surface area contributed by atoms with Crippen LogP contribution in [0.2, 0.25) is 0 Å². The topological polar surface area (TPSA) is 38.9 Å². The second-order valence-electron chi connectivity index (χ2n) is 15.6. The lowest BCUT2D eigenvalue weighted by molar-refractivity contribution is 0.501. The normalized spacial score (nSPS) is 18.7. The molecule has 0 N–H and O–H groups in total. The zero-order chi connectivity index (χ0) is 35.5. The molecule has 0 saturated heterocycles. The first-order valence-corrected chi connectivity index (χ1v) is 18.5. The van der Waals surface area contributed by atoms with Crippen LogP contribution < -0.4 is 0 Å². The second-order valence-corrected chi connectivity index (χ2v) is 15.6. The lowest BCUT2D eigenvalue weighted by Gasteiger charge is -2.40. The molecule has 2 atom stereocenters. The molecule has 3 aliphatic rings. The number of benzene rings is 6. The quantitative estimate of drug-likeness (QED) is 0.186. The van der Waals surface area contributed by atoms with Crippen molar-refractivity contribution in [1.29, 1.82) is 0 Å². The third-order valence-corrected chi connectivity index (χ3v) is 12.2. The van der Waals surface area contributed by atoms with Gasteiger partial charge in [0.15, 0.2) is 0 Å². The van der Waals surface area contributed by atoms with Crippen LogP contribution in [0.1, 0.15) is 49.1 Å². The molecule has 252 valence electrons. The van der Waals surface area contributed by atoms with Crippen molar-refractivity contribution in [2.24, 2.45) is 0 Å². The summed E-state index contributed by atoms with van der Waals surface area (Å²) < 4.78 is 6.07. The fraction of sp³-hybridized carbons (Fsp3) is 0.120. The minimum Gasteiger partial charge on any atom is -0.456 e. The first-order chi connectivity index (χ1) is 25.9. The Morgan fingerprint density at radius 1 is 0.566 bits per heavy atom. The number of allylic oxidation sites excluding steroid dienone is 4. The highest BCUT2D eigenvalue weighted by Crippen LogP contribution is 2.53. The van der Waals surface area contributed by atoms with Crippen LogP contribution in [0, 0.1) is 0 Å². The Morgan fingerprint density at radius 3 is 2.02 bits per heavy atom. The van der Waals surface area contributed by atoms with Crippen molar-refractivity contribution in [1.82, 2.24) is 9.97 Å². The van der Waals surface area contributed by atoms with Crippen molar-refractivity contribution >= 4 is 21.9 Å². The van der Waals surface area contributed by atoms with E-state index in [1.807, 2.05) is 18.3 Å². The molecule has 53 heavy (non-hydrogen) atoms. The SMILES string of the molecule is CC1(C)c2cc(-c3ccc(-c4ccc5oc6ccccc6c5c4)cc3)ccc2-c2ccc(-c3cnc4c(n3)C3(C)C=CC=CC3c3ccccc3-4)cc21. The van der Waals surface area contributed by atoms with E-state index in [0.29, 0.717) is 0 Å². The average Bonchev–Trinajstić information content (AvgIpc) is 3.68. The van der Waals surface area contributed by atoms with Gasteiger partial charge in [0.2, 0.25) is 0 Å². The van der Waals surface area contributed by atoms with Crippen molar-refractivity contribution in [2.45, 2.75) is 37.5 Å². The summed E-state index contributed by atoms with van der Waals surface area (Å²) in [7, 11) is 0. The van der Waals surface area contributed by atoms with E-state index >= 15 is 0 Å². The third kappa shape index (κ3) is 4.34. The highest BCUT2D eigenvalue weighted by Gasteiger charge is 2.43. The van der Waals surface area contributed by atoms with Crippen molar-refractivity contribution in [2.75, 3.05) is 0 Å². The predicted octanol–water partition coefficient (Wildman–Crippen LogP) is 12.8. The molecule has 6 aromatic carbocycles. The molecular formula is C50H36N2O. The summed E-state index contributed by atoms with van der Waals surface area (Å²) in [6.45, 7) is 7.01. The monoisotopic (exact) mass is 680 g/mol. The maximum absolute atomic E-state index is 6.07. The van der Waals surface area contributed by atoms with Crippen LogP contribution in [0.5, 0.6) is 0 Å². The van der Waals surface area contributed by atoms with E-state index in [-0.39, 0.29) is 16.7 Å². The Kier molecular flexibility index (Phi) is 6.21. The van der Waals surface area contributed by atoms with E-state index in [9.17, 15) is 0 Å². The molecule has 0 radical (unpaired) electrons. The molecule has 8 aromatic rings. The maximum atomic E-state index is 6.07. The first kappa shape index (κ1) is 30.3. The molecule has 11 rings (SSSR count). The highest BCUT2D eigenvalue weighted by atomic mass is 16.3. The largest absolute Gasteiger partial charge is 0.456 e. The Labute approximate surface area is 309 Å². The Hall–Kier alpha value is -6.32. The van der Waals surface area contributed by atoms with E-state index in [0.717, 1.165) is 44.6 Å². The molecule has 2 heterocycles. The van der Waals surface area contributed by atoms with Gasteiger partial charge in [0.25, 0.3) is 0 Å². The number of aromatic nitrogens is 2. The molecule has 0 aliphatic heterocycles. The molecule has 3 aliphatic carbocycles. The Balaban J connectivity index is 0.928. The number of rotatable bonds is 3. The van der Waals surface area contributed by atoms with Gasteiger partial charge in [-0.3, -0.25) is 4.98 Å². The van der Waals surface area contributed by atoms with Gasteiger partial charge in [-0.2, -0.15) is 0 Å². The molecule has 0 spiro atoms. The minimum atomic E-state index is -0.259. The molecule has 3 heteroatoms. The molecular weight excluding hydrogens is 645 g/mol. The lowest BCUT2D eigenvalue weighted by Crippen LogP contribution is -2.34.